The Balaban J connectivity index is 2.32. The highest BCUT2D eigenvalue weighted by Crippen LogP contribution is 2.26. The van der Waals surface area contributed by atoms with E-state index in [1.807, 2.05) is 0 Å². The summed E-state index contributed by atoms with van der Waals surface area (Å²) < 4.78 is 26.6. The zero-order valence-electron chi connectivity index (χ0n) is 9.71. The van der Waals surface area contributed by atoms with Crippen LogP contribution in [0.1, 0.15) is 12.8 Å². The van der Waals surface area contributed by atoms with Gasteiger partial charge in [-0.15, -0.1) is 0 Å². The van der Waals surface area contributed by atoms with Gasteiger partial charge in [0.2, 0.25) is 10.0 Å². The maximum Gasteiger partial charge on any atom is 0.243 e. The first kappa shape index (κ1) is 13.8. The summed E-state index contributed by atoms with van der Waals surface area (Å²) in [6, 6.07) is 4.53. The second-order valence-corrected chi connectivity index (χ2v) is 7.13. The van der Waals surface area contributed by atoms with Crippen LogP contribution in [0.5, 0.6) is 0 Å². The molecular formula is C11H15BrN2O3S. The molecule has 0 aromatic heterocycles. The Hall–Kier alpha value is -0.630. The van der Waals surface area contributed by atoms with Gasteiger partial charge in [-0.3, -0.25) is 0 Å². The molecule has 3 N–H and O–H groups in total. The molecule has 0 saturated carbocycles. The number of β-amino-alcohol motifs (C(OH)–C–C–N with tert-alkyl or cyclic N) is 1. The molecule has 2 rings (SSSR count). The SMILES string of the molecule is Nc1ccc(S(=O)(=O)N2CCCC(O)C2)cc1Br. The van der Waals surface area contributed by atoms with Crippen LogP contribution in [0, 0.1) is 0 Å². The summed E-state index contributed by atoms with van der Waals surface area (Å²) in [6.45, 7) is 0.603. The van der Waals surface area contributed by atoms with E-state index in [1.165, 1.54) is 16.4 Å². The Morgan fingerprint density at radius 3 is 2.78 bits per heavy atom. The van der Waals surface area contributed by atoms with E-state index in [0.29, 0.717) is 29.5 Å². The number of hydrogen-bond donors (Lipinski definition) is 2. The molecule has 1 fully saturated rings. The molecule has 18 heavy (non-hydrogen) atoms. The molecule has 1 aromatic carbocycles. The number of aliphatic hydroxyl groups excluding tert-OH is 1. The van der Waals surface area contributed by atoms with E-state index >= 15 is 0 Å². The molecule has 0 spiro atoms. The van der Waals surface area contributed by atoms with Gasteiger partial charge in [0.15, 0.2) is 0 Å². The number of piperidine rings is 1. The highest BCUT2D eigenvalue weighted by atomic mass is 79.9. The third-order valence-corrected chi connectivity index (χ3v) is 5.52. The Kier molecular flexibility index (Phi) is 3.96. The predicted molar refractivity (Wildman–Crippen MR) is 72.6 cm³/mol. The van der Waals surface area contributed by atoms with Crippen molar-refractivity contribution in [2.45, 2.75) is 23.8 Å². The van der Waals surface area contributed by atoms with Crippen molar-refractivity contribution < 1.29 is 13.5 Å². The molecule has 1 atom stereocenters. The average Bonchev–Trinajstić information content (AvgIpc) is 2.32. The largest absolute Gasteiger partial charge is 0.398 e. The lowest BCUT2D eigenvalue weighted by molar-refractivity contribution is 0.108. The van der Waals surface area contributed by atoms with E-state index in [4.69, 9.17) is 5.73 Å². The standard InChI is InChI=1S/C11H15BrN2O3S/c12-10-6-9(3-4-11(10)13)18(16,17)14-5-1-2-8(15)7-14/h3-4,6,8,15H,1-2,5,7,13H2. The van der Waals surface area contributed by atoms with Crippen LogP contribution in [0.25, 0.3) is 0 Å². The van der Waals surface area contributed by atoms with Crippen LogP contribution < -0.4 is 5.73 Å². The molecule has 1 aliphatic heterocycles. The second-order valence-electron chi connectivity index (χ2n) is 4.34. The normalized spacial score (nSPS) is 22.0. The lowest BCUT2D eigenvalue weighted by Gasteiger charge is -2.29. The van der Waals surface area contributed by atoms with Crippen molar-refractivity contribution in [2.75, 3.05) is 18.8 Å². The summed E-state index contributed by atoms with van der Waals surface area (Å²) >= 11 is 3.22. The topological polar surface area (TPSA) is 83.6 Å². The van der Waals surface area contributed by atoms with Crippen molar-refractivity contribution in [1.29, 1.82) is 0 Å². The van der Waals surface area contributed by atoms with E-state index in [2.05, 4.69) is 15.9 Å². The molecule has 0 amide bonds. The van der Waals surface area contributed by atoms with Gasteiger partial charge in [0.1, 0.15) is 0 Å². The number of nitrogen functional groups attached to an aromatic ring is 1. The van der Waals surface area contributed by atoms with Gasteiger partial charge in [0, 0.05) is 23.2 Å². The summed E-state index contributed by atoms with van der Waals surface area (Å²) in [5.41, 5.74) is 6.13. The van der Waals surface area contributed by atoms with E-state index in [9.17, 15) is 13.5 Å². The fraction of sp³-hybridized carbons (Fsp3) is 0.455. The molecule has 1 heterocycles. The lowest BCUT2D eigenvalue weighted by Crippen LogP contribution is -2.42. The number of halogens is 1. The maximum absolute atomic E-state index is 12.3. The average molecular weight is 335 g/mol. The number of rotatable bonds is 2. The minimum absolute atomic E-state index is 0.157. The molecule has 1 aliphatic rings. The second kappa shape index (κ2) is 5.16. The molecule has 1 saturated heterocycles. The van der Waals surface area contributed by atoms with Gasteiger partial charge < -0.3 is 10.8 Å². The lowest BCUT2D eigenvalue weighted by atomic mass is 10.1. The summed E-state index contributed by atoms with van der Waals surface area (Å²) in [4.78, 5) is 0.192. The number of nitrogens with two attached hydrogens (primary N) is 1. The van der Waals surface area contributed by atoms with E-state index in [0.717, 1.165) is 0 Å². The molecule has 5 nitrogen and oxygen atoms in total. The van der Waals surface area contributed by atoms with Crippen molar-refractivity contribution in [2.24, 2.45) is 0 Å². The fourth-order valence-corrected chi connectivity index (χ4v) is 4.03. The predicted octanol–water partition coefficient (Wildman–Crippen LogP) is 1.18. The summed E-state index contributed by atoms with van der Waals surface area (Å²) in [6.07, 6.45) is 0.749. The zero-order valence-corrected chi connectivity index (χ0v) is 12.1. The van der Waals surface area contributed by atoms with Crippen molar-refractivity contribution >= 4 is 31.6 Å². The van der Waals surface area contributed by atoms with Crippen LogP contribution in [0.3, 0.4) is 0 Å². The molecule has 100 valence electrons. The molecule has 1 unspecified atom stereocenters. The molecule has 0 bridgehead atoms. The van der Waals surface area contributed by atoms with Crippen molar-refractivity contribution in [3.8, 4) is 0 Å². The first-order valence-electron chi connectivity index (χ1n) is 5.64. The quantitative estimate of drug-likeness (QED) is 0.795. The van der Waals surface area contributed by atoms with E-state index < -0.39 is 16.1 Å². The minimum atomic E-state index is -3.55. The van der Waals surface area contributed by atoms with Gasteiger partial charge in [-0.25, -0.2) is 8.42 Å². The van der Waals surface area contributed by atoms with E-state index in [1.54, 1.807) is 6.07 Å². The van der Waals surface area contributed by atoms with E-state index in [-0.39, 0.29) is 11.4 Å². The van der Waals surface area contributed by atoms with Gasteiger partial charge in [0.25, 0.3) is 0 Å². The van der Waals surface area contributed by atoms with Gasteiger partial charge in [-0.1, -0.05) is 0 Å². The molecular weight excluding hydrogens is 320 g/mol. The fourth-order valence-electron chi connectivity index (χ4n) is 1.96. The maximum atomic E-state index is 12.3. The van der Waals surface area contributed by atoms with Crippen molar-refractivity contribution in [3.05, 3.63) is 22.7 Å². The van der Waals surface area contributed by atoms with Crippen LogP contribution in [0.4, 0.5) is 5.69 Å². The number of nitrogens with zero attached hydrogens (tertiary/aromatic N) is 1. The third-order valence-electron chi connectivity index (χ3n) is 2.97. The first-order valence-corrected chi connectivity index (χ1v) is 7.88. The monoisotopic (exact) mass is 334 g/mol. The summed E-state index contributed by atoms with van der Waals surface area (Å²) in [7, 11) is -3.55. The van der Waals surface area contributed by atoms with Crippen LogP contribution in [0.2, 0.25) is 0 Å². The Morgan fingerprint density at radius 2 is 2.17 bits per heavy atom. The van der Waals surface area contributed by atoms with Crippen LogP contribution >= 0.6 is 15.9 Å². The third kappa shape index (κ3) is 2.69. The molecule has 0 radical (unpaired) electrons. The molecule has 1 aromatic rings. The van der Waals surface area contributed by atoms with Gasteiger partial charge in [0.05, 0.1) is 11.0 Å². The van der Waals surface area contributed by atoms with Gasteiger partial charge in [-0.2, -0.15) is 4.31 Å². The van der Waals surface area contributed by atoms with Crippen LogP contribution in [0.15, 0.2) is 27.6 Å². The Morgan fingerprint density at radius 1 is 1.44 bits per heavy atom. The van der Waals surface area contributed by atoms with Gasteiger partial charge >= 0.3 is 0 Å². The number of benzene rings is 1. The van der Waals surface area contributed by atoms with Crippen LogP contribution in [-0.2, 0) is 10.0 Å². The highest BCUT2D eigenvalue weighted by Gasteiger charge is 2.29. The van der Waals surface area contributed by atoms with Crippen molar-refractivity contribution in [1.82, 2.24) is 4.31 Å². The number of hydrogen-bond acceptors (Lipinski definition) is 4. The number of aliphatic hydroxyl groups is 1. The first-order chi connectivity index (χ1) is 8.41. The van der Waals surface area contributed by atoms with Crippen molar-refractivity contribution in [3.63, 3.8) is 0 Å². The summed E-state index contributed by atoms with van der Waals surface area (Å²) in [5, 5.41) is 9.55. The molecule has 0 aliphatic carbocycles. The highest BCUT2D eigenvalue weighted by molar-refractivity contribution is 9.10. The van der Waals surface area contributed by atoms with Gasteiger partial charge in [-0.05, 0) is 47.0 Å². The number of anilines is 1. The minimum Gasteiger partial charge on any atom is -0.398 e. The Bertz CT molecular complexity index is 547. The molecule has 7 heteroatoms. The Labute approximate surface area is 115 Å². The smallest absolute Gasteiger partial charge is 0.243 e. The summed E-state index contributed by atoms with van der Waals surface area (Å²) in [5.74, 6) is 0. The zero-order chi connectivity index (χ0) is 13.3. The number of sulfonamides is 1. The van der Waals surface area contributed by atoms with Crippen LogP contribution in [-0.4, -0.2) is 37.0 Å².